The number of halogens is 4. The Bertz CT molecular complexity index is 561. The molecule has 0 saturated carbocycles. The highest BCUT2D eigenvalue weighted by Gasteiger charge is 2.15. The molecule has 2 aromatic carbocycles. The van der Waals surface area contributed by atoms with Gasteiger partial charge in [-0.05, 0) is 36.2 Å². The van der Waals surface area contributed by atoms with Crippen molar-refractivity contribution in [1.82, 2.24) is 0 Å². The van der Waals surface area contributed by atoms with E-state index >= 15 is 0 Å². The molecule has 0 aliphatic rings. The van der Waals surface area contributed by atoms with Crippen LogP contribution in [-0.4, -0.2) is 0 Å². The average molecular weight is 302 g/mol. The van der Waals surface area contributed by atoms with E-state index in [1.165, 1.54) is 12.1 Å². The van der Waals surface area contributed by atoms with Crippen molar-refractivity contribution in [2.45, 2.75) is 12.5 Å². The highest BCUT2D eigenvalue weighted by molar-refractivity contribution is 6.36. The second kappa shape index (κ2) is 5.87. The smallest absolute Gasteiger partial charge is 0.126 e. The highest BCUT2D eigenvalue weighted by Crippen LogP contribution is 2.30. The molecule has 0 amide bonds. The largest absolute Gasteiger partial charge is 0.324 e. The van der Waals surface area contributed by atoms with Crippen molar-refractivity contribution < 1.29 is 8.78 Å². The molecule has 2 rings (SSSR count). The summed E-state index contributed by atoms with van der Waals surface area (Å²) in [5, 5.41) is 0.883. The summed E-state index contributed by atoms with van der Waals surface area (Å²) < 4.78 is 26.2. The standard InChI is InChI=1S/C14H11Cl2F2N/c15-11-2-1-3-12(16)14(11)13(19)6-8-4-9(17)7-10(18)5-8/h1-5,7,13H,6,19H2. The maximum absolute atomic E-state index is 13.1. The third-order valence-corrected chi connectivity index (χ3v) is 3.41. The minimum Gasteiger partial charge on any atom is -0.324 e. The van der Waals surface area contributed by atoms with Crippen molar-refractivity contribution in [3.05, 3.63) is 69.2 Å². The Hall–Kier alpha value is -1.16. The number of hydrogen-bond acceptors (Lipinski definition) is 1. The van der Waals surface area contributed by atoms with Gasteiger partial charge in [-0.1, -0.05) is 29.3 Å². The van der Waals surface area contributed by atoms with Crippen molar-refractivity contribution in [2.24, 2.45) is 5.73 Å². The van der Waals surface area contributed by atoms with Crippen molar-refractivity contribution >= 4 is 23.2 Å². The van der Waals surface area contributed by atoms with E-state index < -0.39 is 17.7 Å². The van der Waals surface area contributed by atoms with Crippen LogP contribution >= 0.6 is 23.2 Å². The maximum Gasteiger partial charge on any atom is 0.126 e. The van der Waals surface area contributed by atoms with Gasteiger partial charge in [0.2, 0.25) is 0 Å². The van der Waals surface area contributed by atoms with E-state index in [0.29, 0.717) is 21.2 Å². The topological polar surface area (TPSA) is 26.0 Å². The van der Waals surface area contributed by atoms with Gasteiger partial charge in [0.25, 0.3) is 0 Å². The molecule has 0 fully saturated rings. The minimum absolute atomic E-state index is 0.248. The average Bonchev–Trinajstić information content (AvgIpc) is 2.26. The van der Waals surface area contributed by atoms with Gasteiger partial charge >= 0.3 is 0 Å². The summed E-state index contributed by atoms with van der Waals surface area (Å²) in [6, 6.07) is 7.84. The highest BCUT2D eigenvalue weighted by atomic mass is 35.5. The van der Waals surface area contributed by atoms with Crippen molar-refractivity contribution in [3.8, 4) is 0 Å². The summed E-state index contributed by atoms with van der Waals surface area (Å²) in [6.45, 7) is 0. The Morgan fingerprint density at radius 2 is 1.53 bits per heavy atom. The molecule has 1 atom stereocenters. The Kier molecular flexibility index (Phi) is 4.40. The first-order valence-electron chi connectivity index (χ1n) is 5.62. The van der Waals surface area contributed by atoms with Crippen molar-refractivity contribution in [2.75, 3.05) is 0 Å². The Labute approximate surface area is 119 Å². The van der Waals surface area contributed by atoms with Crippen LogP contribution in [0.15, 0.2) is 36.4 Å². The van der Waals surface area contributed by atoms with Crippen LogP contribution in [0.5, 0.6) is 0 Å². The number of rotatable bonds is 3. The van der Waals surface area contributed by atoms with E-state index in [9.17, 15) is 8.78 Å². The third-order valence-electron chi connectivity index (χ3n) is 2.75. The molecule has 0 spiro atoms. The second-order valence-corrected chi connectivity index (χ2v) is 5.04. The molecule has 0 aliphatic heterocycles. The fourth-order valence-corrected chi connectivity index (χ4v) is 2.63. The fourth-order valence-electron chi connectivity index (χ4n) is 1.95. The Morgan fingerprint density at radius 1 is 1.00 bits per heavy atom. The second-order valence-electron chi connectivity index (χ2n) is 4.22. The van der Waals surface area contributed by atoms with Crippen LogP contribution < -0.4 is 5.73 Å². The number of hydrogen-bond donors (Lipinski definition) is 1. The molecular formula is C14H11Cl2F2N. The molecule has 1 unspecified atom stereocenters. The number of nitrogens with two attached hydrogens (primary N) is 1. The monoisotopic (exact) mass is 301 g/mol. The van der Waals surface area contributed by atoms with E-state index in [1.54, 1.807) is 18.2 Å². The fraction of sp³-hybridized carbons (Fsp3) is 0.143. The van der Waals surface area contributed by atoms with E-state index in [0.717, 1.165) is 6.07 Å². The lowest BCUT2D eigenvalue weighted by atomic mass is 9.99. The molecule has 0 saturated heterocycles. The van der Waals surface area contributed by atoms with Crippen molar-refractivity contribution in [1.29, 1.82) is 0 Å². The molecule has 0 aromatic heterocycles. The first-order chi connectivity index (χ1) is 8.97. The summed E-state index contributed by atoms with van der Waals surface area (Å²) in [6.07, 6.45) is 0.248. The van der Waals surface area contributed by atoms with Gasteiger partial charge in [-0.3, -0.25) is 0 Å². The lowest BCUT2D eigenvalue weighted by Crippen LogP contribution is -2.14. The molecular weight excluding hydrogens is 291 g/mol. The SMILES string of the molecule is NC(Cc1cc(F)cc(F)c1)c1c(Cl)cccc1Cl. The van der Waals surface area contributed by atoms with E-state index in [-0.39, 0.29) is 6.42 Å². The zero-order valence-electron chi connectivity index (χ0n) is 9.84. The Morgan fingerprint density at radius 3 is 2.05 bits per heavy atom. The summed E-state index contributed by atoms with van der Waals surface area (Å²) in [5.41, 5.74) is 7.05. The third kappa shape index (κ3) is 3.44. The van der Waals surface area contributed by atoms with E-state index in [1.807, 2.05) is 0 Å². The summed E-state index contributed by atoms with van der Waals surface area (Å²) >= 11 is 12.1. The van der Waals surface area contributed by atoms with Gasteiger partial charge in [-0.15, -0.1) is 0 Å². The molecule has 0 bridgehead atoms. The number of benzene rings is 2. The van der Waals surface area contributed by atoms with Gasteiger partial charge in [0.05, 0.1) is 0 Å². The van der Waals surface area contributed by atoms with E-state index in [4.69, 9.17) is 28.9 Å². The predicted molar refractivity (Wildman–Crippen MR) is 73.5 cm³/mol. The normalized spacial score (nSPS) is 12.5. The van der Waals surface area contributed by atoms with E-state index in [2.05, 4.69) is 0 Å². The van der Waals surface area contributed by atoms with Crippen molar-refractivity contribution in [3.63, 3.8) is 0 Å². The lowest BCUT2D eigenvalue weighted by Gasteiger charge is -2.15. The molecule has 0 aliphatic carbocycles. The molecule has 0 radical (unpaired) electrons. The summed E-state index contributed by atoms with van der Waals surface area (Å²) in [4.78, 5) is 0. The quantitative estimate of drug-likeness (QED) is 0.886. The molecule has 100 valence electrons. The van der Waals surface area contributed by atoms with Gasteiger partial charge in [-0.25, -0.2) is 8.78 Å². The predicted octanol–water partition coefficient (Wildman–Crippen LogP) is 4.51. The van der Waals surface area contributed by atoms with Crippen LogP contribution in [0.4, 0.5) is 8.78 Å². The van der Waals surface area contributed by atoms with Crippen LogP contribution in [-0.2, 0) is 6.42 Å². The molecule has 19 heavy (non-hydrogen) atoms. The van der Waals surface area contributed by atoms with Crippen LogP contribution in [0.3, 0.4) is 0 Å². The molecule has 2 aromatic rings. The summed E-state index contributed by atoms with van der Waals surface area (Å²) in [7, 11) is 0. The first kappa shape index (κ1) is 14.3. The van der Waals surface area contributed by atoms with Gasteiger partial charge < -0.3 is 5.73 Å². The zero-order chi connectivity index (χ0) is 14.0. The van der Waals surface area contributed by atoms with Gasteiger partial charge in [0, 0.05) is 27.7 Å². The lowest BCUT2D eigenvalue weighted by molar-refractivity contribution is 0.576. The summed E-state index contributed by atoms with van der Waals surface area (Å²) in [5.74, 6) is -1.26. The zero-order valence-corrected chi connectivity index (χ0v) is 11.3. The van der Waals surface area contributed by atoms with Gasteiger partial charge in [0.15, 0.2) is 0 Å². The van der Waals surface area contributed by atoms with Crippen LogP contribution in [0, 0.1) is 11.6 Å². The van der Waals surface area contributed by atoms with Crippen LogP contribution in [0.1, 0.15) is 17.2 Å². The molecule has 1 nitrogen and oxygen atoms in total. The van der Waals surface area contributed by atoms with Gasteiger partial charge in [0.1, 0.15) is 11.6 Å². The van der Waals surface area contributed by atoms with Crippen LogP contribution in [0.2, 0.25) is 10.0 Å². The molecule has 5 heteroatoms. The minimum atomic E-state index is -0.632. The van der Waals surface area contributed by atoms with Crippen LogP contribution in [0.25, 0.3) is 0 Å². The first-order valence-corrected chi connectivity index (χ1v) is 6.37. The Balaban J connectivity index is 2.28. The molecule has 2 N–H and O–H groups in total. The van der Waals surface area contributed by atoms with Gasteiger partial charge in [-0.2, -0.15) is 0 Å². The molecule has 0 heterocycles. The maximum atomic E-state index is 13.1.